The van der Waals surface area contributed by atoms with Crippen LogP contribution in [-0.2, 0) is 19.6 Å². The largest absolute Gasteiger partial charge is 0.475 e. The molecule has 106 valence electrons. The third-order valence-corrected chi connectivity index (χ3v) is 3.79. The number of aromatic carboxylic acids is 1. The van der Waals surface area contributed by atoms with Crippen LogP contribution >= 0.6 is 0 Å². The van der Waals surface area contributed by atoms with Crippen LogP contribution in [0.5, 0.6) is 0 Å². The second-order valence-corrected chi connectivity index (χ2v) is 5.47. The third-order valence-electron chi connectivity index (χ3n) is 2.11. The minimum atomic E-state index is -4.06. The predicted molar refractivity (Wildman–Crippen MR) is 62.1 cm³/mol. The zero-order chi connectivity index (χ0) is 14.6. The quantitative estimate of drug-likeness (QED) is 0.742. The number of rotatable bonds is 6. The minimum Gasteiger partial charge on any atom is -0.475 e. The van der Waals surface area contributed by atoms with Crippen LogP contribution in [0.25, 0.3) is 0 Å². The molecule has 0 aliphatic heterocycles. The topological polar surface area (TPSA) is 114 Å². The highest BCUT2D eigenvalue weighted by atomic mass is 32.2. The summed E-state index contributed by atoms with van der Waals surface area (Å²) in [7, 11) is -2.90. The molecule has 0 aliphatic rings. The van der Waals surface area contributed by atoms with Crippen LogP contribution in [0, 0.1) is 0 Å². The molecule has 0 aliphatic carbocycles. The van der Waals surface area contributed by atoms with Crippen LogP contribution < -0.4 is 0 Å². The zero-order valence-electron chi connectivity index (χ0n) is 10.3. The van der Waals surface area contributed by atoms with Crippen molar-refractivity contribution in [1.29, 1.82) is 0 Å². The van der Waals surface area contributed by atoms with Gasteiger partial charge in [0.05, 0.1) is 6.61 Å². The normalized spacial score (nSPS) is 11.5. The van der Waals surface area contributed by atoms with E-state index in [1.807, 2.05) is 0 Å². The Kier molecular flexibility index (Phi) is 4.67. The van der Waals surface area contributed by atoms with Crippen LogP contribution in [0.1, 0.15) is 17.5 Å². The lowest BCUT2D eigenvalue weighted by molar-refractivity contribution is -0.143. The average Bonchev–Trinajstić information content (AvgIpc) is 2.78. The lowest BCUT2D eigenvalue weighted by Gasteiger charge is -2.14. The van der Waals surface area contributed by atoms with Crippen molar-refractivity contribution in [2.45, 2.75) is 12.0 Å². The molecule has 1 N–H and O–H groups in total. The van der Waals surface area contributed by atoms with E-state index in [4.69, 9.17) is 9.52 Å². The molecule has 1 rings (SSSR count). The van der Waals surface area contributed by atoms with Gasteiger partial charge >= 0.3 is 11.9 Å². The number of carbonyl (C=O) groups is 2. The number of carbonyl (C=O) groups excluding carboxylic acids is 1. The Labute approximate surface area is 109 Å². The van der Waals surface area contributed by atoms with Gasteiger partial charge < -0.3 is 14.3 Å². The van der Waals surface area contributed by atoms with Gasteiger partial charge in [-0.05, 0) is 19.1 Å². The second-order valence-electron chi connectivity index (χ2n) is 3.49. The summed E-state index contributed by atoms with van der Waals surface area (Å²) in [6, 6.07) is 2.04. The van der Waals surface area contributed by atoms with E-state index < -0.39 is 39.4 Å². The zero-order valence-corrected chi connectivity index (χ0v) is 11.1. The summed E-state index contributed by atoms with van der Waals surface area (Å²) in [5, 5.41) is 8.10. The summed E-state index contributed by atoms with van der Waals surface area (Å²) in [6.45, 7) is 1.24. The van der Waals surface area contributed by atoms with Crippen molar-refractivity contribution in [3.05, 3.63) is 17.9 Å². The molecule has 0 spiro atoms. The molecule has 0 saturated heterocycles. The number of hydrogen-bond acceptors (Lipinski definition) is 6. The van der Waals surface area contributed by atoms with Crippen molar-refractivity contribution < 1.29 is 32.3 Å². The van der Waals surface area contributed by atoms with Gasteiger partial charge in [0.15, 0.2) is 0 Å². The molecule has 1 aromatic heterocycles. The fourth-order valence-corrected chi connectivity index (χ4v) is 2.22. The summed E-state index contributed by atoms with van der Waals surface area (Å²) in [4.78, 5) is 21.8. The predicted octanol–water partition coefficient (Wildman–Crippen LogP) is 0.161. The van der Waals surface area contributed by atoms with Crippen LogP contribution in [0.2, 0.25) is 0 Å². The van der Waals surface area contributed by atoms with Crippen LogP contribution in [-0.4, -0.2) is 50.0 Å². The number of furan rings is 1. The summed E-state index contributed by atoms with van der Waals surface area (Å²) in [5.41, 5.74) is 0. The van der Waals surface area contributed by atoms with Crippen molar-refractivity contribution in [3.63, 3.8) is 0 Å². The third kappa shape index (κ3) is 3.55. The molecule has 0 unspecified atom stereocenters. The van der Waals surface area contributed by atoms with Gasteiger partial charge in [-0.25, -0.2) is 13.2 Å². The van der Waals surface area contributed by atoms with Gasteiger partial charge in [-0.15, -0.1) is 0 Å². The van der Waals surface area contributed by atoms with Gasteiger partial charge in [0.25, 0.3) is 10.0 Å². The molecule has 0 amide bonds. The van der Waals surface area contributed by atoms with E-state index in [0.29, 0.717) is 0 Å². The fraction of sp³-hybridized carbons (Fsp3) is 0.400. The van der Waals surface area contributed by atoms with Crippen molar-refractivity contribution in [2.75, 3.05) is 20.2 Å². The maximum atomic E-state index is 11.9. The Morgan fingerprint density at radius 3 is 2.53 bits per heavy atom. The van der Waals surface area contributed by atoms with Gasteiger partial charge in [0.1, 0.15) is 6.54 Å². The molecular formula is C10H13NO7S. The van der Waals surface area contributed by atoms with Crippen molar-refractivity contribution in [1.82, 2.24) is 4.31 Å². The van der Waals surface area contributed by atoms with Crippen LogP contribution in [0.3, 0.4) is 0 Å². The lowest BCUT2D eigenvalue weighted by atomic mass is 10.5. The Bertz CT molecular complexity index is 574. The molecule has 1 aromatic rings. The molecule has 0 saturated carbocycles. The van der Waals surface area contributed by atoms with Crippen molar-refractivity contribution >= 4 is 22.0 Å². The second kappa shape index (κ2) is 5.85. The number of carboxylic acids is 1. The molecule has 0 atom stereocenters. The van der Waals surface area contributed by atoms with Crippen LogP contribution in [0.15, 0.2) is 21.6 Å². The molecule has 0 radical (unpaired) electrons. The highest BCUT2D eigenvalue weighted by Crippen LogP contribution is 2.17. The van der Waals surface area contributed by atoms with Crippen molar-refractivity contribution in [2.24, 2.45) is 0 Å². The van der Waals surface area contributed by atoms with E-state index in [-0.39, 0.29) is 6.61 Å². The number of hydrogen-bond donors (Lipinski definition) is 1. The van der Waals surface area contributed by atoms with Gasteiger partial charge in [-0.2, -0.15) is 4.31 Å². The number of likely N-dealkylation sites (N-methyl/N-ethyl adjacent to an activating group) is 1. The van der Waals surface area contributed by atoms with E-state index in [9.17, 15) is 18.0 Å². The van der Waals surface area contributed by atoms with E-state index in [0.717, 1.165) is 23.5 Å². The first-order valence-corrected chi connectivity index (χ1v) is 6.68. The molecule has 8 nitrogen and oxygen atoms in total. The molecule has 19 heavy (non-hydrogen) atoms. The molecular weight excluding hydrogens is 278 g/mol. The van der Waals surface area contributed by atoms with Gasteiger partial charge in [0, 0.05) is 7.05 Å². The SMILES string of the molecule is CCOC(=O)CN(C)S(=O)(=O)c1ccc(C(=O)O)o1. The minimum absolute atomic E-state index is 0.136. The lowest BCUT2D eigenvalue weighted by Crippen LogP contribution is -2.32. The van der Waals surface area contributed by atoms with Gasteiger partial charge in [-0.1, -0.05) is 0 Å². The van der Waals surface area contributed by atoms with Crippen molar-refractivity contribution in [3.8, 4) is 0 Å². The van der Waals surface area contributed by atoms with E-state index in [1.165, 1.54) is 0 Å². The Morgan fingerprint density at radius 2 is 2.05 bits per heavy atom. The first-order chi connectivity index (χ1) is 8.78. The number of esters is 1. The number of carboxylic acid groups (broad SMARTS) is 1. The van der Waals surface area contributed by atoms with E-state index in [2.05, 4.69) is 4.74 Å². The maximum absolute atomic E-state index is 11.9. The highest BCUT2D eigenvalue weighted by molar-refractivity contribution is 7.89. The van der Waals surface area contributed by atoms with E-state index in [1.54, 1.807) is 6.92 Å². The van der Waals surface area contributed by atoms with Gasteiger partial charge in [-0.3, -0.25) is 4.79 Å². The molecule has 0 aromatic carbocycles. The summed E-state index contributed by atoms with van der Waals surface area (Å²) < 4.78 is 33.9. The monoisotopic (exact) mass is 291 g/mol. The molecule has 0 fully saturated rings. The van der Waals surface area contributed by atoms with E-state index >= 15 is 0 Å². The number of nitrogens with zero attached hydrogens (tertiary/aromatic N) is 1. The summed E-state index contributed by atoms with van der Waals surface area (Å²) in [6.07, 6.45) is 0. The number of ether oxygens (including phenoxy) is 1. The Morgan fingerprint density at radius 1 is 1.42 bits per heavy atom. The smallest absolute Gasteiger partial charge is 0.371 e. The standard InChI is InChI=1S/C10H13NO7S/c1-3-17-8(12)6-11(2)19(15,16)9-5-4-7(18-9)10(13)14/h4-5H,3,6H2,1-2H3,(H,13,14). The molecule has 9 heteroatoms. The summed E-state index contributed by atoms with van der Waals surface area (Å²) >= 11 is 0. The first kappa shape index (κ1) is 15.2. The average molecular weight is 291 g/mol. The molecule has 1 heterocycles. The van der Waals surface area contributed by atoms with Gasteiger partial charge in [0.2, 0.25) is 10.9 Å². The summed E-state index contributed by atoms with van der Waals surface area (Å²) in [5.74, 6) is -2.59. The van der Waals surface area contributed by atoms with Crippen LogP contribution in [0.4, 0.5) is 0 Å². The highest BCUT2D eigenvalue weighted by Gasteiger charge is 2.27. The Hall–Kier alpha value is -1.87. The maximum Gasteiger partial charge on any atom is 0.371 e. The first-order valence-electron chi connectivity index (χ1n) is 5.24. The molecule has 0 bridgehead atoms. The number of sulfonamides is 1. The Balaban J connectivity index is 2.90. The fourth-order valence-electron chi connectivity index (χ4n) is 1.20.